The van der Waals surface area contributed by atoms with Crippen molar-refractivity contribution in [2.75, 3.05) is 18.5 Å². The van der Waals surface area contributed by atoms with Gasteiger partial charge in [-0.1, -0.05) is 42.5 Å². The van der Waals surface area contributed by atoms with Crippen LogP contribution in [0.15, 0.2) is 54.6 Å². The van der Waals surface area contributed by atoms with Crippen LogP contribution in [0.1, 0.15) is 22.8 Å². The van der Waals surface area contributed by atoms with Crippen molar-refractivity contribution in [2.24, 2.45) is 0 Å². The van der Waals surface area contributed by atoms with Crippen LogP contribution in [0.5, 0.6) is 0 Å². The highest BCUT2D eigenvalue weighted by Gasteiger charge is 2.34. The van der Waals surface area contributed by atoms with E-state index < -0.39 is 6.04 Å². The van der Waals surface area contributed by atoms with E-state index in [2.05, 4.69) is 5.32 Å². The summed E-state index contributed by atoms with van der Waals surface area (Å²) in [5.41, 5.74) is 1.97. The first-order chi connectivity index (χ1) is 12.5. The van der Waals surface area contributed by atoms with Crippen LogP contribution in [0.3, 0.4) is 0 Å². The fraction of sp³-hybridized carbons (Fsp3) is 0.250. The molecule has 1 fully saturated rings. The van der Waals surface area contributed by atoms with Gasteiger partial charge in [-0.15, -0.1) is 0 Å². The third kappa shape index (κ3) is 4.15. The molecule has 0 spiro atoms. The van der Waals surface area contributed by atoms with Crippen LogP contribution in [0.2, 0.25) is 0 Å². The molecule has 1 heterocycles. The molecule has 1 saturated heterocycles. The minimum Gasteiger partial charge on any atom is -0.369 e. The van der Waals surface area contributed by atoms with Crippen molar-refractivity contribution in [3.8, 4) is 0 Å². The number of ketones is 1. The third-order valence-corrected chi connectivity index (χ3v) is 4.23. The van der Waals surface area contributed by atoms with Gasteiger partial charge in [0.25, 0.3) is 0 Å². The number of hydrogen-bond acceptors (Lipinski definition) is 4. The van der Waals surface area contributed by atoms with E-state index in [0.29, 0.717) is 17.8 Å². The number of carbonyl (C=O) groups excluding carboxylic acids is 3. The summed E-state index contributed by atoms with van der Waals surface area (Å²) in [6, 6.07) is 15.5. The van der Waals surface area contributed by atoms with E-state index in [1.807, 2.05) is 30.3 Å². The van der Waals surface area contributed by atoms with E-state index in [9.17, 15) is 14.4 Å². The van der Waals surface area contributed by atoms with Gasteiger partial charge in [0.1, 0.15) is 12.6 Å². The van der Waals surface area contributed by atoms with Crippen LogP contribution in [0.4, 0.5) is 5.69 Å². The summed E-state index contributed by atoms with van der Waals surface area (Å²) in [7, 11) is 0. The van der Waals surface area contributed by atoms with E-state index in [0.717, 1.165) is 5.56 Å². The van der Waals surface area contributed by atoms with Crippen LogP contribution < -0.4 is 5.32 Å². The van der Waals surface area contributed by atoms with E-state index >= 15 is 0 Å². The molecule has 0 aliphatic carbocycles. The first-order valence-corrected chi connectivity index (χ1v) is 8.37. The number of carbonyl (C=O) groups is 3. The zero-order valence-corrected chi connectivity index (χ0v) is 14.5. The minimum absolute atomic E-state index is 0.0313. The van der Waals surface area contributed by atoms with Gasteiger partial charge >= 0.3 is 0 Å². The Bertz CT molecular complexity index is 820. The molecule has 2 aromatic rings. The molecule has 1 atom stereocenters. The molecule has 134 valence electrons. The Labute approximate surface area is 151 Å². The van der Waals surface area contributed by atoms with E-state index in [1.54, 1.807) is 24.3 Å². The Morgan fingerprint density at radius 3 is 2.65 bits per heavy atom. The number of nitrogens with zero attached hydrogens (tertiary/aromatic N) is 1. The zero-order chi connectivity index (χ0) is 18.5. The summed E-state index contributed by atoms with van der Waals surface area (Å²) in [6.07, 6.45) is 0. The summed E-state index contributed by atoms with van der Waals surface area (Å²) in [4.78, 5) is 38.0. The third-order valence-electron chi connectivity index (χ3n) is 4.23. The average Bonchev–Trinajstić information content (AvgIpc) is 2.64. The second-order valence-corrected chi connectivity index (χ2v) is 6.16. The predicted molar refractivity (Wildman–Crippen MR) is 96.7 cm³/mol. The molecule has 1 N–H and O–H groups in total. The molecule has 2 amide bonds. The molecule has 0 unspecified atom stereocenters. The van der Waals surface area contributed by atoms with Gasteiger partial charge in [-0.25, -0.2) is 0 Å². The fourth-order valence-electron chi connectivity index (χ4n) is 2.84. The molecule has 1 aliphatic rings. The first kappa shape index (κ1) is 17.8. The molecule has 6 heteroatoms. The van der Waals surface area contributed by atoms with E-state index in [4.69, 9.17) is 4.74 Å². The predicted octanol–water partition coefficient (Wildman–Crippen LogP) is 2.26. The van der Waals surface area contributed by atoms with Crippen molar-refractivity contribution in [1.29, 1.82) is 0 Å². The van der Waals surface area contributed by atoms with Crippen molar-refractivity contribution in [1.82, 2.24) is 4.90 Å². The SMILES string of the molecule is CC(=O)c1cccc(NC(=O)[C@H]2COCC(=O)N2Cc2ccccc2)c1. The highest BCUT2D eigenvalue weighted by molar-refractivity contribution is 6.00. The summed E-state index contributed by atoms with van der Waals surface area (Å²) in [5, 5.41) is 2.78. The van der Waals surface area contributed by atoms with Crippen LogP contribution in [-0.2, 0) is 20.9 Å². The molecule has 0 aromatic heterocycles. The van der Waals surface area contributed by atoms with Gasteiger partial charge in [-0.05, 0) is 24.6 Å². The minimum atomic E-state index is -0.725. The molecular weight excluding hydrogens is 332 g/mol. The second-order valence-electron chi connectivity index (χ2n) is 6.16. The smallest absolute Gasteiger partial charge is 0.249 e. The molecule has 0 saturated carbocycles. The topological polar surface area (TPSA) is 75.7 Å². The lowest BCUT2D eigenvalue weighted by Crippen LogP contribution is -2.54. The van der Waals surface area contributed by atoms with E-state index in [1.165, 1.54) is 11.8 Å². The fourth-order valence-corrected chi connectivity index (χ4v) is 2.84. The molecule has 26 heavy (non-hydrogen) atoms. The number of anilines is 1. The lowest BCUT2D eigenvalue weighted by molar-refractivity contribution is -0.154. The standard InChI is InChI=1S/C20H20N2O4/c1-14(23)16-8-5-9-17(10-16)21-20(25)18-12-26-13-19(24)22(18)11-15-6-3-2-4-7-15/h2-10,18H,11-13H2,1H3,(H,21,25)/t18-/m1/s1. The number of nitrogens with one attached hydrogen (secondary N) is 1. The maximum Gasteiger partial charge on any atom is 0.249 e. The summed E-state index contributed by atoms with van der Waals surface area (Å²) < 4.78 is 5.28. The number of rotatable bonds is 5. The van der Waals surface area contributed by atoms with Crippen molar-refractivity contribution in [2.45, 2.75) is 19.5 Å². The summed E-state index contributed by atoms with van der Waals surface area (Å²) >= 11 is 0. The second kappa shape index (κ2) is 7.93. The molecule has 6 nitrogen and oxygen atoms in total. The Hall–Kier alpha value is -2.99. The monoisotopic (exact) mass is 352 g/mol. The van der Waals surface area contributed by atoms with Crippen molar-refractivity contribution >= 4 is 23.3 Å². The van der Waals surface area contributed by atoms with Gasteiger partial charge in [0.05, 0.1) is 6.61 Å². The Balaban J connectivity index is 1.76. The van der Waals surface area contributed by atoms with Gasteiger partial charge in [-0.3, -0.25) is 14.4 Å². The number of benzene rings is 2. The van der Waals surface area contributed by atoms with E-state index in [-0.39, 0.29) is 30.8 Å². The largest absolute Gasteiger partial charge is 0.369 e. The van der Waals surface area contributed by atoms with Gasteiger partial charge in [-0.2, -0.15) is 0 Å². The van der Waals surface area contributed by atoms with Crippen molar-refractivity contribution < 1.29 is 19.1 Å². The van der Waals surface area contributed by atoms with Crippen molar-refractivity contribution in [3.05, 3.63) is 65.7 Å². The zero-order valence-electron chi connectivity index (χ0n) is 14.5. The maximum atomic E-state index is 12.7. The van der Waals surface area contributed by atoms with Gasteiger partial charge in [0, 0.05) is 17.8 Å². The molecule has 0 bridgehead atoms. The average molecular weight is 352 g/mol. The summed E-state index contributed by atoms with van der Waals surface area (Å²) in [6.45, 7) is 1.91. The Morgan fingerprint density at radius 2 is 1.92 bits per heavy atom. The number of ether oxygens (including phenoxy) is 1. The van der Waals surface area contributed by atoms with Crippen LogP contribution in [-0.4, -0.2) is 41.8 Å². The molecule has 3 rings (SSSR count). The van der Waals surface area contributed by atoms with Crippen LogP contribution in [0.25, 0.3) is 0 Å². The highest BCUT2D eigenvalue weighted by atomic mass is 16.5. The van der Waals surface area contributed by atoms with Crippen molar-refractivity contribution in [3.63, 3.8) is 0 Å². The highest BCUT2D eigenvalue weighted by Crippen LogP contribution is 2.17. The van der Waals surface area contributed by atoms with Gasteiger partial charge in [0.15, 0.2) is 5.78 Å². The normalized spacial score (nSPS) is 17.0. The number of hydrogen-bond donors (Lipinski definition) is 1. The molecule has 0 radical (unpaired) electrons. The first-order valence-electron chi connectivity index (χ1n) is 8.37. The molecular formula is C20H20N2O4. The quantitative estimate of drug-likeness (QED) is 0.838. The Morgan fingerprint density at radius 1 is 1.15 bits per heavy atom. The van der Waals surface area contributed by atoms with Crippen LogP contribution >= 0.6 is 0 Å². The Kier molecular flexibility index (Phi) is 5.43. The number of Topliss-reactive ketones (excluding diaryl/α,β-unsaturated/α-hetero) is 1. The summed E-state index contributed by atoms with van der Waals surface area (Å²) in [5.74, 6) is -0.643. The van der Waals surface area contributed by atoms with Gasteiger partial charge in [0.2, 0.25) is 11.8 Å². The van der Waals surface area contributed by atoms with Gasteiger partial charge < -0.3 is 15.0 Å². The lowest BCUT2D eigenvalue weighted by Gasteiger charge is -2.34. The lowest BCUT2D eigenvalue weighted by atomic mass is 10.1. The van der Waals surface area contributed by atoms with Crippen LogP contribution in [0, 0.1) is 0 Å². The maximum absolute atomic E-state index is 12.7. The number of amides is 2. The number of morpholine rings is 1. The molecule has 1 aliphatic heterocycles. The molecule has 2 aromatic carbocycles.